The van der Waals surface area contributed by atoms with Gasteiger partial charge in [0.2, 0.25) is 0 Å². The zero-order chi connectivity index (χ0) is 15.9. The minimum absolute atomic E-state index is 0.289. The Morgan fingerprint density at radius 2 is 1.82 bits per heavy atom. The lowest BCUT2D eigenvalue weighted by Gasteiger charge is -2.13. The van der Waals surface area contributed by atoms with Crippen molar-refractivity contribution in [1.82, 2.24) is 4.90 Å². The molecule has 0 radical (unpaired) electrons. The molecular formula is C16H16ClNO4. The van der Waals surface area contributed by atoms with Crippen LogP contribution in [-0.4, -0.2) is 36.3 Å². The molecule has 0 aliphatic rings. The highest BCUT2D eigenvalue weighted by molar-refractivity contribution is 6.30. The molecule has 0 saturated carbocycles. The third-order valence-electron chi connectivity index (χ3n) is 2.88. The second-order valence-electron chi connectivity index (χ2n) is 4.58. The van der Waals surface area contributed by atoms with Crippen LogP contribution in [0, 0.1) is 0 Å². The molecule has 22 heavy (non-hydrogen) atoms. The molecule has 0 atom stereocenters. The average Bonchev–Trinajstić information content (AvgIpc) is 2.49. The number of hydrogen-bond acceptors (Lipinski definition) is 3. The third kappa shape index (κ3) is 4.86. The minimum atomic E-state index is -0.978. The summed E-state index contributed by atoms with van der Waals surface area (Å²) in [6.45, 7) is 0.591. The number of halogens is 1. The zero-order valence-electron chi connectivity index (χ0n) is 12.0. The van der Waals surface area contributed by atoms with Gasteiger partial charge < -0.3 is 19.5 Å². The van der Waals surface area contributed by atoms with Crippen molar-refractivity contribution in [2.24, 2.45) is 0 Å². The minimum Gasteiger partial charge on any atom is -0.492 e. The molecular weight excluding hydrogens is 306 g/mol. The average molecular weight is 322 g/mol. The van der Waals surface area contributed by atoms with E-state index in [1.54, 1.807) is 36.4 Å². The Bertz CT molecular complexity index is 630. The molecule has 6 heteroatoms. The van der Waals surface area contributed by atoms with Crippen molar-refractivity contribution in [3.05, 3.63) is 53.6 Å². The molecule has 0 saturated heterocycles. The fraction of sp³-hybridized carbons (Fsp3) is 0.188. The van der Waals surface area contributed by atoms with Crippen LogP contribution >= 0.6 is 11.6 Å². The highest BCUT2D eigenvalue weighted by atomic mass is 35.5. The van der Waals surface area contributed by atoms with E-state index in [2.05, 4.69) is 0 Å². The molecule has 0 aromatic heterocycles. The van der Waals surface area contributed by atoms with Crippen LogP contribution in [0.25, 0.3) is 0 Å². The van der Waals surface area contributed by atoms with Gasteiger partial charge >= 0.3 is 6.09 Å². The smallest absolute Gasteiger partial charge is 0.407 e. The van der Waals surface area contributed by atoms with Gasteiger partial charge in [-0.1, -0.05) is 17.7 Å². The molecule has 2 aromatic carbocycles. The van der Waals surface area contributed by atoms with E-state index in [1.807, 2.05) is 12.1 Å². The van der Waals surface area contributed by atoms with Crippen molar-refractivity contribution in [2.45, 2.75) is 0 Å². The van der Waals surface area contributed by atoms with Crippen LogP contribution in [0.5, 0.6) is 17.2 Å². The lowest BCUT2D eigenvalue weighted by atomic mass is 10.3. The van der Waals surface area contributed by atoms with Crippen LogP contribution < -0.4 is 9.47 Å². The summed E-state index contributed by atoms with van der Waals surface area (Å²) in [5.41, 5.74) is 0. The van der Waals surface area contributed by atoms with Crippen LogP contribution in [0.3, 0.4) is 0 Å². The topological polar surface area (TPSA) is 59.0 Å². The number of carboxylic acid groups (broad SMARTS) is 1. The summed E-state index contributed by atoms with van der Waals surface area (Å²) in [7, 11) is 1.49. The van der Waals surface area contributed by atoms with E-state index in [1.165, 1.54) is 7.05 Å². The Labute approximate surface area is 133 Å². The number of nitrogens with zero attached hydrogens (tertiary/aromatic N) is 1. The standard InChI is InChI=1S/C16H16ClNO4/c1-18(16(19)20)9-10-21-13-5-7-14(8-6-13)22-15-4-2-3-12(17)11-15/h2-8,11H,9-10H2,1H3,(H,19,20). The van der Waals surface area contributed by atoms with Gasteiger partial charge in [-0.3, -0.25) is 0 Å². The number of likely N-dealkylation sites (N-methyl/N-ethyl adjacent to an activating group) is 1. The van der Waals surface area contributed by atoms with Gasteiger partial charge in [0.15, 0.2) is 0 Å². The monoisotopic (exact) mass is 321 g/mol. The van der Waals surface area contributed by atoms with Gasteiger partial charge in [0.25, 0.3) is 0 Å². The first-order valence-electron chi connectivity index (χ1n) is 6.65. The molecule has 1 amide bonds. The quantitative estimate of drug-likeness (QED) is 0.869. The predicted octanol–water partition coefficient (Wildman–Crippen LogP) is 4.12. The van der Waals surface area contributed by atoms with Crippen LogP contribution in [-0.2, 0) is 0 Å². The first-order valence-corrected chi connectivity index (χ1v) is 7.03. The molecule has 2 rings (SSSR count). The van der Waals surface area contributed by atoms with E-state index in [0.29, 0.717) is 28.8 Å². The molecule has 0 fully saturated rings. The van der Waals surface area contributed by atoms with Crippen molar-refractivity contribution in [3.8, 4) is 17.2 Å². The normalized spacial score (nSPS) is 10.1. The predicted molar refractivity (Wildman–Crippen MR) is 84.1 cm³/mol. The number of benzene rings is 2. The summed E-state index contributed by atoms with van der Waals surface area (Å²) >= 11 is 5.90. The molecule has 5 nitrogen and oxygen atoms in total. The summed E-state index contributed by atoms with van der Waals surface area (Å²) < 4.78 is 11.1. The fourth-order valence-electron chi connectivity index (χ4n) is 1.67. The molecule has 116 valence electrons. The first-order chi connectivity index (χ1) is 10.5. The molecule has 0 heterocycles. The third-order valence-corrected chi connectivity index (χ3v) is 3.11. The Balaban J connectivity index is 1.86. The number of rotatable bonds is 6. The molecule has 0 aliphatic carbocycles. The Morgan fingerprint density at radius 1 is 1.14 bits per heavy atom. The van der Waals surface area contributed by atoms with Crippen molar-refractivity contribution in [2.75, 3.05) is 20.2 Å². The molecule has 2 aromatic rings. The van der Waals surface area contributed by atoms with E-state index in [4.69, 9.17) is 26.2 Å². The molecule has 0 unspecified atom stereocenters. The molecule has 0 bridgehead atoms. The van der Waals surface area contributed by atoms with Crippen LogP contribution in [0.2, 0.25) is 5.02 Å². The van der Waals surface area contributed by atoms with E-state index in [9.17, 15) is 4.79 Å². The highest BCUT2D eigenvalue weighted by Crippen LogP contribution is 2.25. The number of carbonyl (C=O) groups is 1. The summed E-state index contributed by atoms with van der Waals surface area (Å²) in [6, 6.07) is 14.2. The van der Waals surface area contributed by atoms with E-state index >= 15 is 0 Å². The second kappa shape index (κ2) is 7.56. The van der Waals surface area contributed by atoms with Gasteiger partial charge in [0.1, 0.15) is 23.9 Å². The Hall–Kier alpha value is -2.40. The second-order valence-corrected chi connectivity index (χ2v) is 5.02. The maximum atomic E-state index is 10.6. The lowest BCUT2D eigenvalue weighted by molar-refractivity contribution is 0.147. The summed E-state index contributed by atoms with van der Waals surface area (Å²) in [5, 5.41) is 9.33. The fourth-order valence-corrected chi connectivity index (χ4v) is 1.85. The van der Waals surface area contributed by atoms with Crippen molar-refractivity contribution in [1.29, 1.82) is 0 Å². The van der Waals surface area contributed by atoms with Crippen LogP contribution in [0.15, 0.2) is 48.5 Å². The van der Waals surface area contributed by atoms with Gasteiger partial charge in [-0.25, -0.2) is 4.79 Å². The maximum Gasteiger partial charge on any atom is 0.407 e. The summed E-state index contributed by atoms with van der Waals surface area (Å²) in [6.07, 6.45) is -0.978. The Kier molecular flexibility index (Phi) is 5.49. The number of amides is 1. The highest BCUT2D eigenvalue weighted by Gasteiger charge is 2.05. The lowest BCUT2D eigenvalue weighted by Crippen LogP contribution is -2.29. The molecule has 1 N–H and O–H groups in total. The Morgan fingerprint density at radius 3 is 2.45 bits per heavy atom. The number of hydrogen-bond donors (Lipinski definition) is 1. The van der Waals surface area contributed by atoms with Gasteiger partial charge in [-0.05, 0) is 42.5 Å². The van der Waals surface area contributed by atoms with E-state index < -0.39 is 6.09 Å². The van der Waals surface area contributed by atoms with Crippen molar-refractivity contribution < 1.29 is 19.4 Å². The SMILES string of the molecule is CN(CCOc1ccc(Oc2cccc(Cl)c2)cc1)C(=O)O. The van der Waals surface area contributed by atoms with E-state index in [-0.39, 0.29) is 6.61 Å². The van der Waals surface area contributed by atoms with Crippen LogP contribution in [0.4, 0.5) is 4.79 Å². The van der Waals surface area contributed by atoms with Crippen LogP contribution in [0.1, 0.15) is 0 Å². The molecule has 0 spiro atoms. The molecule has 0 aliphatic heterocycles. The van der Waals surface area contributed by atoms with Gasteiger partial charge in [0.05, 0.1) is 6.54 Å². The number of ether oxygens (including phenoxy) is 2. The maximum absolute atomic E-state index is 10.6. The van der Waals surface area contributed by atoms with Gasteiger partial charge in [0, 0.05) is 12.1 Å². The summed E-state index contributed by atoms with van der Waals surface area (Å²) in [4.78, 5) is 11.8. The first kappa shape index (κ1) is 16.0. The van der Waals surface area contributed by atoms with E-state index in [0.717, 1.165) is 4.90 Å². The van der Waals surface area contributed by atoms with Crippen molar-refractivity contribution >= 4 is 17.7 Å². The van der Waals surface area contributed by atoms with Crippen molar-refractivity contribution in [3.63, 3.8) is 0 Å². The largest absolute Gasteiger partial charge is 0.492 e. The summed E-state index contributed by atoms with van der Waals surface area (Å²) in [5.74, 6) is 1.97. The zero-order valence-corrected chi connectivity index (χ0v) is 12.8. The van der Waals surface area contributed by atoms with Gasteiger partial charge in [-0.15, -0.1) is 0 Å². The van der Waals surface area contributed by atoms with Gasteiger partial charge in [-0.2, -0.15) is 0 Å².